The second-order valence-electron chi connectivity index (χ2n) is 4.88. The fraction of sp³-hybridized carbons (Fsp3) is 0.0588. The van der Waals surface area contributed by atoms with Gasteiger partial charge >= 0.3 is 5.63 Å². The lowest BCUT2D eigenvalue weighted by Crippen LogP contribution is -2.18. The molecule has 22 heavy (non-hydrogen) atoms. The highest BCUT2D eigenvalue weighted by Crippen LogP contribution is 2.29. The van der Waals surface area contributed by atoms with Crippen molar-refractivity contribution in [1.29, 1.82) is 0 Å². The third kappa shape index (κ3) is 2.33. The second kappa shape index (κ2) is 5.37. The maximum atomic E-state index is 12.3. The van der Waals surface area contributed by atoms with Crippen LogP contribution in [0.1, 0.15) is 15.9 Å². The Labute approximate surface area is 125 Å². The summed E-state index contributed by atoms with van der Waals surface area (Å²) in [6.07, 6.45) is 0. The van der Waals surface area contributed by atoms with E-state index in [4.69, 9.17) is 4.42 Å². The molecule has 5 heteroatoms. The molecule has 0 radical (unpaired) electrons. The summed E-state index contributed by atoms with van der Waals surface area (Å²) in [5.41, 5.74) is 0.406. The zero-order chi connectivity index (χ0) is 15.7. The van der Waals surface area contributed by atoms with Crippen molar-refractivity contribution in [2.24, 2.45) is 0 Å². The number of para-hydroxylation sites is 1. The van der Waals surface area contributed by atoms with Gasteiger partial charge in [0.15, 0.2) is 11.4 Å². The van der Waals surface area contributed by atoms with Crippen molar-refractivity contribution in [2.75, 3.05) is 5.32 Å². The molecule has 0 aliphatic rings. The Hall–Kier alpha value is -3.08. The molecule has 1 heterocycles. The average molecular weight is 295 g/mol. The van der Waals surface area contributed by atoms with Gasteiger partial charge in [0.2, 0.25) is 0 Å². The molecule has 0 aliphatic carbocycles. The molecule has 0 unspecified atom stereocenters. The Balaban J connectivity index is 2.06. The normalized spacial score (nSPS) is 10.6. The van der Waals surface area contributed by atoms with Crippen molar-refractivity contribution >= 4 is 22.6 Å². The average Bonchev–Trinajstić information content (AvgIpc) is 2.51. The number of rotatable bonds is 2. The quantitative estimate of drug-likeness (QED) is 0.712. The van der Waals surface area contributed by atoms with E-state index in [1.54, 1.807) is 49.4 Å². The van der Waals surface area contributed by atoms with Crippen LogP contribution in [-0.2, 0) is 0 Å². The maximum Gasteiger partial charge on any atom is 0.364 e. The zero-order valence-corrected chi connectivity index (χ0v) is 11.8. The van der Waals surface area contributed by atoms with Gasteiger partial charge in [-0.25, -0.2) is 4.79 Å². The molecule has 0 fully saturated rings. The second-order valence-corrected chi connectivity index (χ2v) is 4.88. The maximum absolute atomic E-state index is 12.3. The van der Waals surface area contributed by atoms with E-state index in [0.29, 0.717) is 10.9 Å². The molecule has 5 nitrogen and oxygen atoms in total. The number of aromatic hydroxyl groups is 1. The van der Waals surface area contributed by atoms with Crippen LogP contribution in [0.5, 0.6) is 5.75 Å². The highest BCUT2D eigenvalue weighted by atomic mass is 16.4. The van der Waals surface area contributed by atoms with Crippen LogP contribution >= 0.6 is 0 Å². The van der Waals surface area contributed by atoms with Gasteiger partial charge in [-0.15, -0.1) is 0 Å². The highest BCUT2D eigenvalue weighted by Gasteiger charge is 2.17. The predicted octanol–water partition coefficient (Wildman–Crippen LogP) is 3.06. The molecule has 3 aromatic rings. The van der Waals surface area contributed by atoms with Gasteiger partial charge in [0, 0.05) is 5.56 Å². The fourth-order valence-electron chi connectivity index (χ4n) is 2.25. The van der Waals surface area contributed by atoms with Crippen molar-refractivity contribution in [1.82, 2.24) is 0 Å². The molecule has 2 aromatic carbocycles. The lowest BCUT2D eigenvalue weighted by molar-refractivity contribution is 0.102. The van der Waals surface area contributed by atoms with Crippen molar-refractivity contribution in [3.05, 3.63) is 70.1 Å². The van der Waals surface area contributed by atoms with Gasteiger partial charge in [0.25, 0.3) is 5.91 Å². The first kappa shape index (κ1) is 13.9. The largest absolute Gasteiger partial charge is 0.505 e. The third-order valence-electron chi connectivity index (χ3n) is 3.41. The molecule has 0 atom stereocenters. The van der Waals surface area contributed by atoms with Crippen molar-refractivity contribution in [3.8, 4) is 5.75 Å². The first-order chi connectivity index (χ1) is 10.6. The minimum atomic E-state index is -0.793. The number of amides is 1. The van der Waals surface area contributed by atoms with Gasteiger partial charge in [-0.05, 0) is 30.7 Å². The van der Waals surface area contributed by atoms with Crippen LogP contribution in [-0.4, -0.2) is 11.0 Å². The Bertz CT molecular complexity index is 927. The van der Waals surface area contributed by atoms with E-state index in [1.807, 2.05) is 6.07 Å². The SMILES string of the molecule is Cc1ccccc1C(=O)Nc1c(O)c2ccccc2oc1=O. The van der Waals surface area contributed by atoms with E-state index < -0.39 is 11.5 Å². The van der Waals surface area contributed by atoms with Crippen LogP contribution in [0.4, 0.5) is 5.69 Å². The molecule has 0 saturated carbocycles. The number of carbonyl (C=O) groups is 1. The molecule has 3 rings (SSSR count). The Kier molecular flexibility index (Phi) is 3.39. The molecular formula is C17H13NO4. The van der Waals surface area contributed by atoms with Gasteiger partial charge in [-0.1, -0.05) is 30.3 Å². The molecular weight excluding hydrogens is 282 g/mol. The van der Waals surface area contributed by atoms with Crippen LogP contribution < -0.4 is 10.9 Å². The molecule has 0 bridgehead atoms. The lowest BCUT2D eigenvalue weighted by Gasteiger charge is -2.09. The van der Waals surface area contributed by atoms with E-state index >= 15 is 0 Å². The number of nitrogens with one attached hydrogen (secondary N) is 1. The van der Waals surface area contributed by atoms with Crippen LogP contribution in [0.2, 0.25) is 0 Å². The van der Waals surface area contributed by atoms with Crippen molar-refractivity contribution < 1.29 is 14.3 Å². The van der Waals surface area contributed by atoms with E-state index in [0.717, 1.165) is 5.56 Å². The van der Waals surface area contributed by atoms with E-state index in [9.17, 15) is 14.7 Å². The fourth-order valence-corrected chi connectivity index (χ4v) is 2.25. The number of anilines is 1. The molecule has 0 spiro atoms. The number of fused-ring (bicyclic) bond motifs is 1. The molecule has 110 valence electrons. The first-order valence-corrected chi connectivity index (χ1v) is 6.69. The van der Waals surface area contributed by atoms with Gasteiger partial charge in [0.05, 0.1) is 5.39 Å². The standard InChI is InChI=1S/C17H13NO4/c1-10-6-2-3-7-11(10)16(20)18-14-15(19)12-8-4-5-9-13(12)22-17(14)21/h2-9,19H,1H3,(H,18,20). The van der Waals surface area contributed by atoms with Gasteiger partial charge in [-0.2, -0.15) is 0 Å². The summed E-state index contributed by atoms with van der Waals surface area (Å²) in [6.45, 7) is 1.79. The minimum Gasteiger partial charge on any atom is -0.505 e. The first-order valence-electron chi connectivity index (χ1n) is 6.69. The zero-order valence-electron chi connectivity index (χ0n) is 11.8. The summed E-state index contributed by atoms with van der Waals surface area (Å²) >= 11 is 0. The van der Waals surface area contributed by atoms with Crippen molar-refractivity contribution in [2.45, 2.75) is 6.92 Å². The van der Waals surface area contributed by atoms with Crippen molar-refractivity contribution in [3.63, 3.8) is 0 Å². The number of hydrogen-bond acceptors (Lipinski definition) is 4. The van der Waals surface area contributed by atoms with Gasteiger partial charge in [-0.3, -0.25) is 4.79 Å². The Morgan fingerprint density at radius 3 is 2.55 bits per heavy atom. The summed E-state index contributed by atoms with van der Waals surface area (Å²) in [4.78, 5) is 24.2. The summed E-state index contributed by atoms with van der Waals surface area (Å²) in [6, 6.07) is 13.5. The predicted molar refractivity (Wildman–Crippen MR) is 83.3 cm³/mol. The van der Waals surface area contributed by atoms with Gasteiger partial charge in [0.1, 0.15) is 5.58 Å². The van der Waals surface area contributed by atoms with Crippen LogP contribution in [0.25, 0.3) is 11.0 Å². The number of carbonyl (C=O) groups excluding carboxylic acids is 1. The summed E-state index contributed by atoms with van der Waals surface area (Å²) in [5.74, 6) is -0.773. The topological polar surface area (TPSA) is 79.5 Å². The molecule has 1 aromatic heterocycles. The van der Waals surface area contributed by atoms with Crippen LogP contribution in [0, 0.1) is 6.92 Å². The summed E-state index contributed by atoms with van der Waals surface area (Å²) < 4.78 is 5.11. The molecule has 0 saturated heterocycles. The van der Waals surface area contributed by atoms with Crippen LogP contribution in [0.15, 0.2) is 57.7 Å². The number of benzene rings is 2. The Morgan fingerprint density at radius 1 is 1.09 bits per heavy atom. The summed E-state index contributed by atoms with van der Waals surface area (Å²) in [7, 11) is 0. The minimum absolute atomic E-state index is 0.257. The molecule has 0 aliphatic heterocycles. The Morgan fingerprint density at radius 2 is 1.77 bits per heavy atom. The monoisotopic (exact) mass is 295 g/mol. The number of aryl methyl sites for hydroxylation is 1. The molecule has 2 N–H and O–H groups in total. The van der Waals surface area contributed by atoms with E-state index in [2.05, 4.69) is 5.32 Å². The smallest absolute Gasteiger partial charge is 0.364 e. The summed E-state index contributed by atoms with van der Waals surface area (Å²) in [5, 5.41) is 13.0. The van der Waals surface area contributed by atoms with E-state index in [-0.39, 0.29) is 17.0 Å². The van der Waals surface area contributed by atoms with Crippen LogP contribution in [0.3, 0.4) is 0 Å². The number of hydrogen-bond donors (Lipinski definition) is 2. The molecule has 1 amide bonds. The van der Waals surface area contributed by atoms with E-state index in [1.165, 1.54) is 0 Å². The third-order valence-corrected chi connectivity index (χ3v) is 3.41. The van der Waals surface area contributed by atoms with Gasteiger partial charge < -0.3 is 14.8 Å². The lowest BCUT2D eigenvalue weighted by atomic mass is 10.1. The highest BCUT2D eigenvalue weighted by molar-refractivity contribution is 6.07.